The summed E-state index contributed by atoms with van der Waals surface area (Å²) in [5, 5.41) is 5.87. The quantitative estimate of drug-likeness (QED) is 0.809. The van der Waals surface area contributed by atoms with Crippen molar-refractivity contribution in [1.29, 1.82) is 0 Å². The van der Waals surface area contributed by atoms with E-state index in [1.807, 2.05) is 0 Å². The molecule has 0 fully saturated rings. The molecule has 0 aliphatic rings. The number of ether oxygens (including phenoxy) is 1. The highest BCUT2D eigenvalue weighted by atomic mass is 35.5. The van der Waals surface area contributed by atoms with Crippen molar-refractivity contribution in [2.24, 2.45) is 0 Å². The summed E-state index contributed by atoms with van der Waals surface area (Å²) >= 11 is 5.84. The van der Waals surface area contributed by atoms with E-state index in [9.17, 15) is 9.59 Å². The molecular weight excluding hydrogens is 340 g/mol. The monoisotopic (exact) mass is 356 g/mol. The van der Waals surface area contributed by atoms with E-state index in [4.69, 9.17) is 16.3 Å². The summed E-state index contributed by atoms with van der Waals surface area (Å²) < 4.78 is 5.48. The Morgan fingerprint density at radius 1 is 1.12 bits per heavy atom. The van der Waals surface area contributed by atoms with Crippen molar-refractivity contribution in [2.75, 3.05) is 18.5 Å². The molecule has 128 valence electrons. The second-order valence-corrected chi connectivity index (χ2v) is 5.48. The largest absolute Gasteiger partial charge is 0.481 e. The Hall–Kier alpha value is -2.97. The summed E-state index contributed by atoms with van der Waals surface area (Å²) in [6.07, 6.45) is 0. The summed E-state index contributed by atoms with van der Waals surface area (Å²) in [6, 6.07) is 13.7. The third-order valence-corrected chi connectivity index (χ3v) is 3.25. The summed E-state index contributed by atoms with van der Waals surface area (Å²) in [7, 11) is 0. The molecule has 2 aromatic carbocycles. The zero-order valence-corrected chi connectivity index (χ0v) is 14.4. The number of hydrogen-bond acceptors (Lipinski definition) is 3. The number of amides is 2. The van der Waals surface area contributed by atoms with Crippen molar-refractivity contribution in [3.63, 3.8) is 0 Å². The van der Waals surface area contributed by atoms with Crippen LogP contribution in [0.15, 0.2) is 48.5 Å². The Kier molecular flexibility index (Phi) is 6.87. The average molecular weight is 357 g/mol. The van der Waals surface area contributed by atoms with Crippen molar-refractivity contribution in [3.05, 3.63) is 59.1 Å². The number of hydrogen-bond donors (Lipinski definition) is 2. The van der Waals surface area contributed by atoms with Gasteiger partial charge in [-0.2, -0.15) is 0 Å². The smallest absolute Gasteiger partial charge is 0.252 e. The van der Waals surface area contributed by atoms with Crippen LogP contribution < -0.4 is 15.4 Å². The molecule has 2 aromatic rings. The minimum absolute atomic E-state index is 0.146. The molecule has 0 spiro atoms. The van der Waals surface area contributed by atoms with E-state index in [0.29, 0.717) is 22.0 Å². The molecule has 0 aliphatic carbocycles. The van der Waals surface area contributed by atoms with Crippen LogP contribution in [0.4, 0.5) is 5.69 Å². The van der Waals surface area contributed by atoms with Crippen LogP contribution in [0, 0.1) is 11.8 Å². The molecule has 0 radical (unpaired) electrons. The average Bonchev–Trinajstić information content (AvgIpc) is 2.57. The van der Waals surface area contributed by atoms with E-state index in [0.717, 1.165) is 0 Å². The number of carbonyl (C=O) groups excluding carboxylic acids is 2. The molecule has 0 atom stereocenters. The fourth-order valence-electron chi connectivity index (χ4n) is 1.96. The molecule has 25 heavy (non-hydrogen) atoms. The standard InChI is InChI=1S/C19H17ClN2O3/c1-14(23)22-17-8-5-9-18(13-17)25-11-3-2-10-21-19(24)15-6-4-7-16(20)12-15/h4-9,12-13H,10-11H2,1H3,(H,21,24)(H,22,23). The lowest BCUT2D eigenvalue weighted by Gasteiger charge is -2.05. The first-order chi connectivity index (χ1) is 12.0. The van der Waals surface area contributed by atoms with Gasteiger partial charge in [-0.3, -0.25) is 9.59 Å². The van der Waals surface area contributed by atoms with Crippen LogP contribution in [0.1, 0.15) is 17.3 Å². The Morgan fingerprint density at radius 3 is 2.68 bits per heavy atom. The normalized spacial score (nSPS) is 9.52. The molecule has 0 aliphatic heterocycles. The molecule has 2 amide bonds. The maximum atomic E-state index is 11.9. The van der Waals surface area contributed by atoms with Gasteiger partial charge in [-0.05, 0) is 30.3 Å². The van der Waals surface area contributed by atoms with Crippen molar-refractivity contribution in [3.8, 4) is 17.6 Å². The SMILES string of the molecule is CC(=O)Nc1cccc(OCC#CCNC(=O)c2cccc(Cl)c2)c1. The van der Waals surface area contributed by atoms with Crippen LogP contribution in [0.5, 0.6) is 5.75 Å². The van der Waals surface area contributed by atoms with Gasteiger partial charge in [0.05, 0.1) is 6.54 Å². The van der Waals surface area contributed by atoms with Crippen LogP contribution in [0.25, 0.3) is 0 Å². The van der Waals surface area contributed by atoms with E-state index in [1.165, 1.54) is 6.92 Å². The van der Waals surface area contributed by atoms with Crippen molar-refractivity contribution in [1.82, 2.24) is 5.32 Å². The lowest BCUT2D eigenvalue weighted by Crippen LogP contribution is -2.23. The highest BCUT2D eigenvalue weighted by Crippen LogP contribution is 2.17. The summed E-state index contributed by atoms with van der Waals surface area (Å²) in [4.78, 5) is 22.9. The lowest BCUT2D eigenvalue weighted by molar-refractivity contribution is -0.114. The number of benzene rings is 2. The van der Waals surface area contributed by atoms with Crippen LogP contribution in [0.3, 0.4) is 0 Å². The van der Waals surface area contributed by atoms with Crippen LogP contribution in [0.2, 0.25) is 5.02 Å². The first-order valence-electron chi connectivity index (χ1n) is 7.54. The molecule has 2 rings (SSSR count). The van der Waals surface area contributed by atoms with E-state index in [2.05, 4.69) is 22.5 Å². The molecule has 0 bridgehead atoms. The Bertz CT molecular complexity index is 825. The van der Waals surface area contributed by atoms with Gasteiger partial charge in [0.25, 0.3) is 5.91 Å². The highest BCUT2D eigenvalue weighted by Gasteiger charge is 2.03. The first-order valence-corrected chi connectivity index (χ1v) is 7.92. The molecule has 5 nitrogen and oxygen atoms in total. The maximum Gasteiger partial charge on any atom is 0.252 e. The summed E-state index contributed by atoms with van der Waals surface area (Å²) in [6.45, 7) is 1.83. The second kappa shape index (κ2) is 9.36. The Balaban J connectivity index is 1.76. The molecule has 6 heteroatoms. The number of anilines is 1. The van der Waals surface area contributed by atoms with Crippen LogP contribution in [-0.2, 0) is 4.79 Å². The topological polar surface area (TPSA) is 67.4 Å². The van der Waals surface area contributed by atoms with E-state index < -0.39 is 0 Å². The molecule has 0 saturated heterocycles. The molecule has 0 saturated carbocycles. The van der Waals surface area contributed by atoms with Gasteiger partial charge in [0, 0.05) is 29.3 Å². The Labute approximate surface area is 151 Å². The van der Waals surface area contributed by atoms with Crippen molar-refractivity contribution >= 4 is 29.1 Å². The van der Waals surface area contributed by atoms with Gasteiger partial charge in [0.15, 0.2) is 0 Å². The molecule has 0 heterocycles. The molecular formula is C19H17ClN2O3. The lowest BCUT2D eigenvalue weighted by atomic mass is 10.2. The molecule has 0 aromatic heterocycles. The van der Waals surface area contributed by atoms with E-state index in [1.54, 1.807) is 48.5 Å². The fraction of sp³-hybridized carbons (Fsp3) is 0.158. The highest BCUT2D eigenvalue weighted by molar-refractivity contribution is 6.30. The van der Waals surface area contributed by atoms with Crippen LogP contribution >= 0.6 is 11.6 Å². The zero-order valence-electron chi connectivity index (χ0n) is 13.6. The predicted octanol–water partition coefficient (Wildman–Crippen LogP) is 3.11. The second-order valence-electron chi connectivity index (χ2n) is 5.04. The Morgan fingerprint density at radius 2 is 1.92 bits per heavy atom. The van der Waals surface area contributed by atoms with E-state index >= 15 is 0 Å². The third-order valence-electron chi connectivity index (χ3n) is 3.01. The van der Waals surface area contributed by atoms with Gasteiger partial charge in [0.2, 0.25) is 5.91 Å². The van der Waals surface area contributed by atoms with Gasteiger partial charge in [0.1, 0.15) is 12.4 Å². The van der Waals surface area contributed by atoms with Crippen LogP contribution in [-0.4, -0.2) is 25.0 Å². The minimum atomic E-state index is -0.235. The number of nitrogens with one attached hydrogen (secondary N) is 2. The summed E-state index contributed by atoms with van der Waals surface area (Å²) in [5.74, 6) is 5.84. The minimum Gasteiger partial charge on any atom is -0.481 e. The van der Waals surface area contributed by atoms with E-state index in [-0.39, 0.29) is 25.0 Å². The molecule has 0 unspecified atom stereocenters. The maximum absolute atomic E-state index is 11.9. The zero-order chi connectivity index (χ0) is 18.1. The van der Waals surface area contributed by atoms with Gasteiger partial charge >= 0.3 is 0 Å². The number of halogens is 1. The van der Waals surface area contributed by atoms with Crippen molar-refractivity contribution < 1.29 is 14.3 Å². The number of rotatable bonds is 5. The fourth-order valence-corrected chi connectivity index (χ4v) is 2.15. The predicted molar refractivity (Wildman–Crippen MR) is 97.8 cm³/mol. The van der Waals surface area contributed by atoms with Crippen molar-refractivity contribution in [2.45, 2.75) is 6.92 Å². The van der Waals surface area contributed by atoms with Gasteiger partial charge in [-0.25, -0.2) is 0 Å². The third kappa shape index (κ3) is 6.58. The first kappa shape index (κ1) is 18.4. The van der Waals surface area contributed by atoms with Gasteiger partial charge < -0.3 is 15.4 Å². The molecule has 2 N–H and O–H groups in total. The van der Waals surface area contributed by atoms with Gasteiger partial charge in [-0.15, -0.1) is 0 Å². The summed E-state index contributed by atoms with van der Waals surface area (Å²) in [5.41, 5.74) is 1.15. The number of carbonyl (C=O) groups is 2. The van der Waals surface area contributed by atoms with Gasteiger partial charge in [-0.1, -0.05) is 35.6 Å².